The summed E-state index contributed by atoms with van der Waals surface area (Å²) in [5.41, 5.74) is 2.02. The third kappa shape index (κ3) is 3.29. The fourth-order valence-corrected chi connectivity index (χ4v) is 2.15. The van der Waals surface area contributed by atoms with Gasteiger partial charge in [-0.05, 0) is 24.3 Å². The van der Waals surface area contributed by atoms with Gasteiger partial charge in [0.2, 0.25) is 0 Å². The highest BCUT2D eigenvalue weighted by Gasteiger charge is 2.18. The number of H-pyrrole nitrogens is 1. The van der Waals surface area contributed by atoms with Crippen molar-refractivity contribution in [2.24, 2.45) is 0 Å². The van der Waals surface area contributed by atoms with Gasteiger partial charge in [-0.1, -0.05) is 33.0 Å². The molecule has 0 amide bonds. The number of rotatable bonds is 2. The van der Waals surface area contributed by atoms with Crippen LogP contribution in [0.1, 0.15) is 32.2 Å². The van der Waals surface area contributed by atoms with E-state index >= 15 is 0 Å². The van der Waals surface area contributed by atoms with Crippen molar-refractivity contribution in [3.8, 4) is 23.1 Å². The Bertz CT molecular complexity index is 766. The second kappa shape index (κ2) is 5.66. The summed E-state index contributed by atoms with van der Waals surface area (Å²) in [7, 11) is 1.60. The molecule has 0 saturated carbocycles. The highest BCUT2D eigenvalue weighted by molar-refractivity contribution is 7.71. The summed E-state index contributed by atoms with van der Waals surface area (Å²) in [4.78, 5) is 7.68. The van der Waals surface area contributed by atoms with Crippen LogP contribution in [-0.2, 0) is 5.41 Å². The van der Waals surface area contributed by atoms with Crippen LogP contribution in [0.25, 0.3) is 11.3 Å². The molecule has 21 heavy (non-hydrogen) atoms. The van der Waals surface area contributed by atoms with E-state index in [9.17, 15) is 0 Å². The van der Waals surface area contributed by atoms with Gasteiger partial charge in [0.1, 0.15) is 16.2 Å². The Morgan fingerprint density at radius 2 is 2.00 bits per heavy atom. The molecule has 1 heterocycles. The largest absolute Gasteiger partial charge is 0.496 e. The van der Waals surface area contributed by atoms with E-state index < -0.39 is 0 Å². The third-order valence-electron chi connectivity index (χ3n) is 3.07. The number of ether oxygens (including phenoxy) is 1. The van der Waals surface area contributed by atoms with Crippen molar-refractivity contribution in [2.45, 2.75) is 26.2 Å². The van der Waals surface area contributed by atoms with Crippen molar-refractivity contribution in [1.29, 1.82) is 5.26 Å². The van der Waals surface area contributed by atoms with E-state index in [-0.39, 0.29) is 5.41 Å². The predicted molar refractivity (Wildman–Crippen MR) is 84.8 cm³/mol. The minimum atomic E-state index is -0.149. The zero-order chi connectivity index (χ0) is 15.6. The van der Waals surface area contributed by atoms with Gasteiger partial charge in [-0.3, -0.25) is 0 Å². The smallest absolute Gasteiger partial charge is 0.130 e. The Kier molecular flexibility index (Phi) is 4.10. The molecule has 0 atom stereocenters. The van der Waals surface area contributed by atoms with Gasteiger partial charge in [0.15, 0.2) is 0 Å². The van der Waals surface area contributed by atoms with Crippen LogP contribution in [0.5, 0.6) is 5.75 Å². The highest BCUT2D eigenvalue weighted by atomic mass is 32.1. The first-order valence-corrected chi connectivity index (χ1v) is 6.96. The number of methoxy groups -OCH3 is 1. The molecule has 0 aliphatic carbocycles. The van der Waals surface area contributed by atoms with Gasteiger partial charge >= 0.3 is 0 Å². The number of hydrogen-bond donors (Lipinski definition) is 1. The first-order chi connectivity index (χ1) is 9.85. The van der Waals surface area contributed by atoms with E-state index in [0.29, 0.717) is 16.0 Å². The summed E-state index contributed by atoms with van der Waals surface area (Å²) in [5.74, 6) is 1.49. The molecular weight excluding hydrogens is 282 g/mol. The van der Waals surface area contributed by atoms with E-state index in [2.05, 4.69) is 36.8 Å². The number of benzene rings is 1. The SMILES string of the molecule is COc1ccc(C#N)cc1-c1cc(=S)nc(C(C)(C)C)[nH]1. The second-order valence-corrected chi connectivity index (χ2v) is 6.18. The van der Waals surface area contributed by atoms with Crippen LogP contribution in [0.2, 0.25) is 0 Å². The first kappa shape index (κ1) is 15.2. The quantitative estimate of drug-likeness (QED) is 0.852. The van der Waals surface area contributed by atoms with Gasteiger partial charge in [0, 0.05) is 11.0 Å². The number of hydrogen-bond acceptors (Lipinski definition) is 4. The number of aromatic amines is 1. The lowest BCUT2D eigenvalue weighted by molar-refractivity contribution is 0.416. The maximum Gasteiger partial charge on any atom is 0.130 e. The molecule has 0 fully saturated rings. The Morgan fingerprint density at radius 1 is 1.29 bits per heavy atom. The lowest BCUT2D eigenvalue weighted by atomic mass is 9.95. The van der Waals surface area contributed by atoms with Gasteiger partial charge in [-0.15, -0.1) is 0 Å². The van der Waals surface area contributed by atoms with Crippen LogP contribution in [0, 0.1) is 16.0 Å². The average Bonchev–Trinajstić information content (AvgIpc) is 2.45. The van der Waals surface area contributed by atoms with E-state index in [1.165, 1.54) is 0 Å². The number of nitrogens with zero attached hydrogens (tertiary/aromatic N) is 2. The van der Waals surface area contributed by atoms with Crippen molar-refractivity contribution in [1.82, 2.24) is 9.97 Å². The van der Waals surface area contributed by atoms with Gasteiger partial charge in [0.25, 0.3) is 0 Å². The minimum Gasteiger partial charge on any atom is -0.496 e. The van der Waals surface area contributed by atoms with Crippen LogP contribution in [0.4, 0.5) is 0 Å². The normalized spacial score (nSPS) is 11.0. The summed E-state index contributed by atoms with van der Waals surface area (Å²) < 4.78 is 5.89. The van der Waals surface area contributed by atoms with Crippen LogP contribution >= 0.6 is 12.2 Å². The van der Waals surface area contributed by atoms with Gasteiger partial charge in [-0.25, -0.2) is 4.98 Å². The van der Waals surface area contributed by atoms with E-state index in [1.807, 2.05) is 0 Å². The fraction of sp³-hybridized carbons (Fsp3) is 0.312. The molecule has 0 radical (unpaired) electrons. The van der Waals surface area contributed by atoms with Crippen LogP contribution < -0.4 is 4.74 Å². The topological polar surface area (TPSA) is 61.7 Å². The van der Waals surface area contributed by atoms with Gasteiger partial charge < -0.3 is 9.72 Å². The molecule has 108 valence electrons. The number of nitriles is 1. The van der Waals surface area contributed by atoms with E-state index in [0.717, 1.165) is 17.1 Å². The summed E-state index contributed by atoms with van der Waals surface area (Å²) in [6.45, 7) is 6.19. The van der Waals surface area contributed by atoms with Gasteiger partial charge in [0.05, 0.1) is 24.4 Å². The molecule has 0 saturated heterocycles. The Labute approximate surface area is 129 Å². The zero-order valence-corrected chi connectivity index (χ0v) is 13.3. The maximum absolute atomic E-state index is 9.08. The zero-order valence-electron chi connectivity index (χ0n) is 12.5. The van der Waals surface area contributed by atoms with Crippen molar-refractivity contribution in [3.63, 3.8) is 0 Å². The van der Waals surface area contributed by atoms with Crippen LogP contribution in [0.15, 0.2) is 24.3 Å². The van der Waals surface area contributed by atoms with E-state index in [4.69, 9.17) is 22.2 Å². The molecule has 0 unspecified atom stereocenters. The third-order valence-corrected chi connectivity index (χ3v) is 3.28. The Morgan fingerprint density at radius 3 is 2.57 bits per heavy atom. The predicted octanol–water partition coefficient (Wildman–Crippen LogP) is 3.98. The van der Waals surface area contributed by atoms with E-state index in [1.54, 1.807) is 31.4 Å². The Hall–Kier alpha value is -2.19. The molecule has 4 nitrogen and oxygen atoms in total. The molecule has 1 aromatic carbocycles. The number of nitrogens with one attached hydrogen (secondary N) is 1. The van der Waals surface area contributed by atoms with Crippen molar-refractivity contribution in [3.05, 3.63) is 40.3 Å². The summed E-state index contributed by atoms with van der Waals surface area (Å²) >= 11 is 5.26. The lowest BCUT2D eigenvalue weighted by Gasteiger charge is -2.19. The van der Waals surface area contributed by atoms with Crippen molar-refractivity contribution in [2.75, 3.05) is 7.11 Å². The fourth-order valence-electron chi connectivity index (χ4n) is 1.95. The average molecular weight is 299 g/mol. The van der Waals surface area contributed by atoms with Crippen LogP contribution in [0.3, 0.4) is 0 Å². The molecule has 0 aliphatic rings. The highest BCUT2D eigenvalue weighted by Crippen LogP contribution is 2.31. The molecule has 0 bridgehead atoms. The standard InChI is InChI=1S/C16H17N3OS/c1-16(2,3)15-18-12(8-14(21)19-15)11-7-10(9-17)5-6-13(11)20-4/h5-8H,1-4H3,(H,18,19,21). The Balaban J connectivity index is 2.70. The minimum absolute atomic E-state index is 0.149. The lowest BCUT2D eigenvalue weighted by Crippen LogP contribution is -2.16. The molecule has 0 spiro atoms. The molecule has 0 aliphatic heterocycles. The molecule has 5 heteroatoms. The first-order valence-electron chi connectivity index (χ1n) is 6.55. The second-order valence-electron chi connectivity index (χ2n) is 5.76. The molecule has 1 aromatic heterocycles. The van der Waals surface area contributed by atoms with Gasteiger partial charge in [-0.2, -0.15) is 5.26 Å². The molecule has 2 rings (SSSR count). The molecule has 1 N–H and O–H groups in total. The monoisotopic (exact) mass is 299 g/mol. The summed E-state index contributed by atoms with van der Waals surface area (Å²) in [6, 6.07) is 9.21. The maximum atomic E-state index is 9.08. The summed E-state index contributed by atoms with van der Waals surface area (Å²) in [6.07, 6.45) is 0. The molecule has 2 aromatic rings. The van der Waals surface area contributed by atoms with Crippen molar-refractivity contribution < 1.29 is 4.74 Å². The summed E-state index contributed by atoms with van der Waals surface area (Å²) in [5, 5.41) is 9.08. The van der Waals surface area contributed by atoms with Crippen LogP contribution in [-0.4, -0.2) is 17.1 Å². The number of aromatic nitrogens is 2. The van der Waals surface area contributed by atoms with Crippen molar-refractivity contribution >= 4 is 12.2 Å². The molecular formula is C16H17N3OS.